The van der Waals surface area contributed by atoms with Crippen LogP contribution < -0.4 is 5.32 Å². The Balaban J connectivity index is 2.35. The molecular formula is C14H18FNO3. The number of hydrogen-bond acceptors (Lipinski definition) is 3. The SMILES string of the molecule is CCOC(=O)CCCNC(=O)c1ccc(F)c(C)c1. The second-order valence-corrected chi connectivity index (χ2v) is 4.13. The largest absolute Gasteiger partial charge is 0.466 e. The highest BCUT2D eigenvalue weighted by molar-refractivity contribution is 5.94. The molecule has 0 radical (unpaired) electrons. The van der Waals surface area contributed by atoms with Crippen LogP contribution in [-0.2, 0) is 9.53 Å². The summed E-state index contributed by atoms with van der Waals surface area (Å²) in [5.41, 5.74) is 0.842. The summed E-state index contributed by atoms with van der Waals surface area (Å²) in [7, 11) is 0. The predicted octanol–water partition coefficient (Wildman–Crippen LogP) is 2.21. The summed E-state index contributed by atoms with van der Waals surface area (Å²) in [6.45, 7) is 4.09. The van der Waals surface area contributed by atoms with E-state index in [2.05, 4.69) is 5.32 Å². The van der Waals surface area contributed by atoms with Gasteiger partial charge < -0.3 is 10.1 Å². The zero-order chi connectivity index (χ0) is 14.3. The van der Waals surface area contributed by atoms with Crippen LogP contribution >= 0.6 is 0 Å². The van der Waals surface area contributed by atoms with E-state index in [1.165, 1.54) is 18.2 Å². The number of carbonyl (C=O) groups excluding carboxylic acids is 2. The Bertz CT molecular complexity index is 460. The van der Waals surface area contributed by atoms with Crippen molar-refractivity contribution in [2.75, 3.05) is 13.2 Å². The molecule has 5 heteroatoms. The van der Waals surface area contributed by atoms with Crippen molar-refractivity contribution in [3.8, 4) is 0 Å². The lowest BCUT2D eigenvalue weighted by Gasteiger charge is -2.06. The number of benzene rings is 1. The minimum atomic E-state index is -0.334. The van der Waals surface area contributed by atoms with Crippen molar-refractivity contribution in [2.24, 2.45) is 0 Å². The van der Waals surface area contributed by atoms with E-state index in [0.29, 0.717) is 30.7 Å². The van der Waals surface area contributed by atoms with Gasteiger partial charge in [-0.1, -0.05) is 0 Å². The Morgan fingerprint density at radius 1 is 1.37 bits per heavy atom. The van der Waals surface area contributed by atoms with Crippen LogP contribution in [0, 0.1) is 12.7 Å². The van der Waals surface area contributed by atoms with Crippen molar-refractivity contribution < 1.29 is 18.7 Å². The molecule has 1 aromatic rings. The number of esters is 1. The first-order valence-corrected chi connectivity index (χ1v) is 6.24. The van der Waals surface area contributed by atoms with Crippen LogP contribution in [0.25, 0.3) is 0 Å². The molecule has 1 N–H and O–H groups in total. The summed E-state index contributed by atoms with van der Waals surface area (Å²) in [6.07, 6.45) is 0.793. The monoisotopic (exact) mass is 267 g/mol. The zero-order valence-electron chi connectivity index (χ0n) is 11.2. The van der Waals surface area contributed by atoms with Gasteiger partial charge in [-0.25, -0.2) is 4.39 Å². The number of ether oxygens (including phenoxy) is 1. The molecular weight excluding hydrogens is 249 g/mol. The normalized spacial score (nSPS) is 10.1. The van der Waals surface area contributed by atoms with E-state index in [1.54, 1.807) is 13.8 Å². The molecule has 1 amide bonds. The molecule has 0 aromatic heterocycles. The number of nitrogens with one attached hydrogen (secondary N) is 1. The van der Waals surface area contributed by atoms with Crippen LogP contribution in [0.1, 0.15) is 35.7 Å². The Hall–Kier alpha value is -1.91. The highest BCUT2D eigenvalue weighted by atomic mass is 19.1. The van der Waals surface area contributed by atoms with Gasteiger partial charge in [0.25, 0.3) is 5.91 Å². The van der Waals surface area contributed by atoms with Crippen molar-refractivity contribution in [3.05, 3.63) is 35.1 Å². The summed E-state index contributed by atoms with van der Waals surface area (Å²) in [5.74, 6) is -0.875. The maximum Gasteiger partial charge on any atom is 0.305 e. The molecule has 0 aliphatic heterocycles. The summed E-state index contributed by atoms with van der Waals surface area (Å²) >= 11 is 0. The summed E-state index contributed by atoms with van der Waals surface area (Å²) in [6, 6.07) is 4.20. The van der Waals surface area contributed by atoms with Crippen molar-refractivity contribution in [1.82, 2.24) is 5.32 Å². The first-order chi connectivity index (χ1) is 9.04. The smallest absolute Gasteiger partial charge is 0.305 e. The van der Waals surface area contributed by atoms with Gasteiger partial charge in [-0.2, -0.15) is 0 Å². The van der Waals surface area contributed by atoms with Gasteiger partial charge in [0.05, 0.1) is 6.61 Å². The van der Waals surface area contributed by atoms with Crippen LogP contribution in [0.3, 0.4) is 0 Å². The fourth-order valence-electron chi connectivity index (χ4n) is 1.56. The van der Waals surface area contributed by atoms with Gasteiger partial charge in [0.1, 0.15) is 5.82 Å². The van der Waals surface area contributed by atoms with E-state index >= 15 is 0 Å². The fraction of sp³-hybridized carbons (Fsp3) is 0.429. The molecule has 0 saturated heterocycles. The Kier molecular flexibility index (Phi) is 5.99. The average Bonchev–Trinajstić information content (AvgIpc) is 2.38. The van der Waals surface area contributed by atoms with Crippen molar-refractivity contribution in [1.29, 1.82) is 0 Å². The first-order valence-electron chi connectivity index (χ1n) is 6.24. The average molecular weight is 267 g/mol. The number of rotatable bonds is 6. The lowest BCUT2D eigenvalue weighted by Crippen LogP contribution is -2.25. The highest BCUT2D eigenvalue weighted by Gasteiger charge is 2.07. The van der Waals surface area contributed by atoms with E-state index in [9.17, 15) is 14.0 Å². The molecule has 0 fully saturated rings. The van der Waals surface area contributed by atoms with Crippen LogP contribution in [-0.4, -0.2) is 25.0 Å². The van der Waals surface area contributed by atoms with Crippen molar-refractivity contribution in [3.63, 3.8) is 0 Å². The Morgan fingerprint density at radius 2 is 2.11 bits per heavy atom. The van der Waals surface area contributed by atoms with Crippen LogP contribution in [0.15, 0.2) is 18.2 Å². The highest BCUT2D eigenvalue weighted by Crippen LogP contribution is 2.09. The van der Waals surface area contributed by atoms with E-state index in [-0.39, 0.29) is 24.1 Å². The van der Waals surface area contributed by atoms with Gasteiger partial charge in [0.2, 0.25) is 0 Å². The maximum atomic E-state index is 13.0. The van der Waals surface area contributed by atoms with Gasteiger partial charge in [-0.3, -0.25) is 9.59 Å². The van der Waals surface area contributed by atoms with E-state index < -0.39 is 0 Å². The second-order valence-electron chi connectivity index (χ2n) is 4.13. The molecule has 0 unspecified atom stereocenters. The first kappa shape index (κ1) is 15.1. The summed E-state index contributed by atoms with van der Waals surface area (Å²) < 4.78 is 17.8. The third kappa shape index (κ3) is 5.07. The van der Waals surface area contributed by atoms with Crippen LogP contribution in [0.4, 0.5) is 4.39 Å². The predicted molar refractivity (Wildman–Crippen MR) is 69.3 cm³/mol. The molecule has 1 aromatic carbocycles. The fourth-order valence-corrected chi connectivity index (χ4v) is 1.56. The topological polar surface area (TPSA) is 55.4 Å². The number of halogens is 1. The number of amides is 1. The molecule has 0 spiro atoms. The minimum absolute atomic E-state index is 0.269. The summed E-state index contributed by atoms with van der Waals surface area (Å²) in [4.78, 5) is 22.8. The van der Waals surface area contributed by atoms with Crippen molar-refractivity contribution >= 4 is 11.9 Å². The van der Waals surface area contributed by atoms with Gasteiger partial charge in [0, 0.05) is 18.5 Å². The molecule has 0 bridgehead atoms. The standard InChI is InChI=1S/C14H18FNO3/c1-3-19-13(17)5-4-8-16-14(18)11-6-7-12(15)10(2)9-11/h6-7,9H,3-5,8H2,1-2H3,(H,16,18). The molecule has 104 valence electrons. The molecule has 0 saturated carbocycles. The summed E-state index contributed by atoms with van der Waals surface area (Å²) in [5, 5.41) is 2.67. The van der Waals surface area contributed by atoms with Crippen LogP contribution in [0.5, 0.6) is 0 Å². The van der Waals surface area contributed by atoms with Crippen molar-refractivity contribution in [2.45, 2.75) is 26.7 Å². The third-order valence-corrected chi connectivity index (χ3v) is 2.57. The molecule has 0 aliphatic carbocycles. The third-order valence-electron chi connectivity index (χ3n) is 2.57. The Labute approximate surface area is 112 Å². The molecule has 0 atom stereocenters. The maximum absolute atomic E-state index is 13.0. The van der Waals surface area contributed by atoms with E-state index in [0.717, 1.165) is 0 Å². The molecule has 4 nitrogen and oxygen atoms in total. The van der Waals surface area contributed by atoms with Crippen LogP contribution in [0.2, 0.25) is 0 Å². The van der Waals surface area contributed by atoms with Gasteiger partial charge in [-0.15, -0.1) is 0 Å². The number of carbonyl (C=O) groups is 2. The van der Waals surface area contributed by atoms with E-state index in [1.807, 2.05) is 0 Å². The Morgan fingerprint density at radius 3 is 2.74 bits per heavy atom. The minimum Gasteiger partial charge on any atom is -0.466 e. The van der Waals surface area contributed by atoms with Gasteiger partial charge in [-0.05, 0) is 44.0 Å². The number of hydrogen-bond donors (Lipinski definition) is 1. The zero-order valence-corrected chi connectivity index (χ0v) is 11.2. The molecule has 19 heavy (non-hydrogen) atoms. The van der Waals surface area contributed by atoms with E-state index in [4.69, 9.17) is 4.74 Å². The second kappa shape index (κ2) is 7.51. The molecule has 0 aliphatic rings. The molecule has 0 heterocycles. The lowest BCUT2D eigenvalue weighted by molar-refractivity contribution is -0.143. The lowest BCUT2D eigenvalue weighted by atomic mass is 10.1. The quantitative estimate of drug-likeness (QED) is 0.635. The van der Waals surface area contributed by atoms with Gasteiger partial charge >= 0.3 is 5.97 Å². The number of aryl methyl sites for hydroxylation is 1. The van der Waals surface area contributed by atoms with Gasteiger partial charge in [0.15, 0.2) is 0 Å². The molecule has 1 rings (SSSR count).